The quantitative estimate of drug-likeness (QED) is 0.452. The SMILES string of the molecule is C=Cc1cc(-c2ccc3c(ccc4sc5c(c43)NC[C@@H](C)NC5=O)n2)c(C(=O)O)nn1. The molecule has 0 radical (unpaired) electrons. The van der Waals surface area contributed by atoms with Crippen molar-refractivity contribution in [2.45, 2.75) is 13.0 Å². The van der Waals surface area contributed by atoms with E-state index in [0.29, 0.717) is 33.9 Å². The van der Waals surface area contributed by atoms with E-state index < -0.39 is 5.97 Å². The Hall–Kier alpha value is -3.85. The third-order valence-corrected chi connectivity index (χ3v) is 6.35. The van der Waals surface area contributed by atoms with E-state index in [9.17, 15) is 14.7 Å². The average molecular weight is 431 g/mol. The Morgan fingerprint density at radius 3 is 2.90 bits per heavy atom. The van der Waals surface area contributed by atoms with Gasteiger partial charge in [-0.2, -0.15) is 5.10 Å². The maximum absolute atomic E-state index is 12.6. The largest absolute Gasteiger partial charge is 0.476 e. The van der Waals surface area contributed by atoms with Gasteiger partial charge < -0.3 is 15.7 Å². The number of amides is 1. The number of aromatic carboxylic acids is 1. The molecule has 1 aliphatic rings. The molecule has 3 aromatic heterocycles. The van der Waals surface area contributed by atoms with E-state index in [2.05, 4.69) is 27.4 Å². The van der Waals surface area contributed by atoms with Gasteiger partial charge in [0.15, 0.2) is 5.69 Å². The summed E-state index contributed by atoms with van der Waals surface area (Å²) in [5, 5.41) is 25.4. The van der Waals surface area contributed by atoms with Crippen molar-refractivity contribution in [2.75, 3.05) is 11.9 Å². The molecule has 9 heteroatoms. The van der Waals surface area contributed by atoms with Crippen molar-refractivity contribution in [3.63, 3.8) is 0 Å². The van der Waals surface area contributed by atoms with Crippen LogP contribution in [-0.2, 0) is 0 Å². The van der Waals surface area contributed by atoms with Gasteiger partial charge in [-0.1, -0.05) is 6.58 Å². The van der Waals surface area contributed by atoms with Crippen LogP contribution in [0.3, 0.4) is 0 Å². The number of carboxylic acids is 1. The van der Waals surface area contributed by atoms with Gasteiger partial charge >= 0.3 is 5.97 Å². The zero-order chi connectivity index (χ0) is 21.7. The van der Waals surface area contributed by atoms with Gasteiger partial charge in [0.25, 0.3) is 5.91 Å². The summed E-state index contributed by atoms with van der Waals surface area (Å²) in [6.07, 6.45) is 1.51. The average Bonchev–Trinajstić information content (AvgIpc) is 3.09. The second-order valence-electron chi connectivity index (χ2n) is 7.30. The highest BCUT2D eigenvalue weighted by molar-refractivity contribution is 7.21. The Balaban J connectivity index is 1.73. The minimum Gasteiger partial charge on any atom is -0.476 e. The van der Waals surface area contributed by atoms with Gasteiger partial charge in [-0.05, 0) is 43.3 Å². The van der Waals surface area contributed by atoms with Crippen molar-refractivity contribution < 1.29 is 14.7 Å². The fourth-order valence-electron chi connectivity index (χ4n) is 3.74. The van der Waals surface area contributed by atoms with Crippen molar-refractivity contribution >= 4 is 56.0 Å². The lowest BCUT2D eigenvalue weighted by atomic mass is 10.0. The number of nitrogens with zero attached hydrogens (tertiary/aromatic N) is 3. The predicted molar refractivity (Wildman–Crippen MR) is 121 cm³/mol. The molecule has 3 N–H and O–H groups in total. The topological polar surface area (TPSA) is 117 Å². The second kappa shape index (κ2) is 7.13. The van der Waals surface area contributed by atoms with Gasteiger partial charge in [0, 0.05) is 33.6 Å². The molecule has 0 unspecified atom stereocenters. The van der Waals surface area contributed by atoms with Crippen LogP contribution in [0.4, 0.5) is 5.69 Å². The fraction of sp³-hybridized carbons (Fsp3) is 0.136. The third kappa shape index (κ3) is 3.10. The molecule has 5 rings (SSSR count). The van der Waals surface area contributed by atoms with Crippen LogP contribution < -0.4 is 10.6 Å². The van der Waals surface area contributed by atoms with Gasteiger partial charge in [-0.15, -0.1) is 16.4 Å². The van der Waals surface area contributed by atoms with E-state index in [-0.39, 0.29) is 17.6 Å². The molecular formula is C22H17N5O3S. The summed E-state index contributed by atoms with van der Waals surface area (Å²) in [6.45, 7) is 6.25. The lowest BCUT2D eigenvalue weighted by Gasteiger charge is -2.10. The number of thiophene rings is 1. The van der Waals surface area contributed by atoms with Gasteiger partial charge in [0.05, 0.1) is 22.6 Å². The summed E-state index contributed by atoms with van der Waals surface area (Å²) in [7, 11) is 0. The molecule has 0 saturated heterocycles. The Labute approximate surface area is 180 Å². The van der Waals surface area contributed by atoms with Crippen LogP contribution >= 0.6 is 11.3 Å². The summed E-state index contributed by atoms with van der Waals surface area (Å²) < 4.78 is 0.981. The second-order valence-corrected chi connectivity index (χ2v) is 8.36. The molecule has 1 aromatic carbocycles. The van der Waals surface area contributed by atoms with Gasteiger partial charge in [-0.3, -0.25) is 4.79 Å². The van der Waals surface area contributed by atoms with E-state index >= 15 is 0 Å². The number of pyridine rings is 1. The number of carbonyl (C=O) groups is 2. The zero-order valence-electron chi connectivity index (χ0n) is 16.5. The summed E-state index contributed by atoms with van der Waals surface area (Å²) in [5.41, 5.74) is 2.64. The number of rotatable bonds is 3. The number of hydrogen-bond acceptors (Lipinski definition) is 7. The standard InChI is InChI=1S/C22H17N5O3S/c1-3-11-8-13(18(22(29)30)27-26-11)15-5-4-12-14(25-15)6-7-16-17(12)19-20(31-16)21(28)24-10(2)9-23-19/h3-8,10,23H,1,9H2,2H3,(H,24,28)(H,29,30)/t10-/m1/s1. The lowest BCUT2D eigenvalue weighted by Crippen LogP contribution is -2.34. The normalized spacial score (nSPS) is 15.8. The molecule has 1 atom stereocenters. The highest BCUT2D eigenvalue weighted by Gasteiger charge is 2.25. The lowest BCUT2D eigenvalue weighted by molar-refractivity contribution is 0.0689. The molecule has 1 amide bonds. The first-order chi connectivity index (χ1) is 15.0. The van der Waals surface area contributed by atoms with E-state index in [1.54, 1.807) is 12.1 Å². The highest BCUT2D eigenvalue weighted by atomic mass is 32.1. The molecule has 0 saturated carbocycles. The van der Waals surface area contributed by atoms with Crippen LogP contribution in [0.25, 0.3) is 38.3 Å². The Kier molecular flexibility index (Phi) is 4.40. The third-order valence-electron chi connectivity index (χ3n) is 5.19. The molecule has 8 nitrogen and oxygen atoms in total. The van der Waals surface area contributed by atoms with Gasteiger partial charge in [-0.25, -0.2) is 9.78 Å². The summed E-state index contributed by atoms with van der Waals surface area (Å²) in [4.78, 5) is 29.6. The number of aromatic nitrogens is 3. The van der Waals surface area contributed by atoms with E-state index in [1.807, 2.05) is 25.1 Å². The molecule has 0 spiro atoms. The monoisotopic (exact) mass is 431 g/mol. The molecule has 0 bridgehead atoms. The molecule has 0 fully saturated rings. The van der Waals surface area contributed by atoms with Gasteiger partial charge in [0.2, 0.25) is 0 Å². The highest BCUT2D eigenvalue weighted by Crippen LogP contribution is 2.41. The molecular weight excluding hydrogens is 414 g/mol. The number of carboxylic acid groups (broad SMARTS) is 1. The zero-order valence-corrected chi connectivity index (χ0v) is 17.3. The number of anilines is 1. The van der Waals surface area contributed by atoms with Crippen molar-refractivity contribution in [3.8, 4) is 11.3 Å². The molecule has 1 aliphatic heterocycles. The maximum atomic E-state index is 12.6. The van der Waals surface area contributed by atoms with Crippen LogP contribution in [0.5, 0.6) is 0 Å². The number of nitrogens with one attached hydrogen (secondary N) is 2. The number of carbonyl (C=O) groups excluding carboxylic acids is 1. The first-order valence-corrected chi connectivity index (χ1v) is 10.4. The van der Waals surface area contributed by atoms with Gasteiger partial charge in [0.1, 0.15) is 4.88 Å². The Morgan fingerprint density at radius 1 is 1.29 bits per heavy atom. The molecule has 31 heavy (non-hydrogen) atoms. The smallest absolute Gasteiger partial charge is 0.357 e. The summed E-state index contributed by atoms with van der Waals surface area (Å²) >= 11 is 1.44. The Morgan fingerprint density at radius 2 is 2.13 bits per heavy atom. The van der Waals surface area contributed by atoms with Crippen molar-refractivity contribution in [1.29, 1.82) is 0 Å². The minimum atomic E-state index is -1.18. The van der Waals surface area contributed by atoms with Crippen LogP contribution in [0.1, 0.15) is 32.8 Å². The number of hydrogen-bond donors (Lipinski definition) is 3. The van der Waals surface area contributed by atoms with E-state index in [1.165, 1.54) is 17.4 Å². The summed E-state index contributed by atoms with van der Waals surface area (Å²) in [5.74, 6) is -1.26. The number of benzene rings is 1. The first-order valence-electron chi connectivity index (χ1n) is 9.61. The van der Waals surface area contributed by atoms with Crippen molar-refractivity contribution in [1.82, 2.24) is 20.5 Å². The molecule has 0 aliphatic carbocycles. The van der Waals surface area contributed by atoms with Crippen LogP contribution in [-0.4, -0.2) is 44.8 Å². The first kappa shape index (κ1) is 19.1. The molecule has 154 valence electrons. The summed E-state index contributed by atoms with van der Waals surface area (Å²) in [6, 6.07) is 9.11. The fourth-order valence-corrected chi connectivity index (χ4v) is 4.83. The molecule has 4 heterocycles. The number of fused-ring (bicyclic) bond motifs is 5. The van der Waals surface area contributed by atoms with Crippen LogP contribution in [0, 0.1) is 0 Å². The predicted octanol–water partition coefficient (Wildman–Crippen LogP) is 3.79. The van der Waals surface area contributed by atoms with E-state index in [4.69, 9.17) is 4.98 Å². The molecule has 4 aromatic rings. The minimum absolute atomic E-state index is 0.0227. The van der Waals surface area contributed by atoms with E-state index in [0.717, 1.165) is 21.2 Å². The Bertz CT molecular complexity index is 1410. The maximum Gasteiger partial charge on any atom is 0.357 e. The van der Waals surface area contributed by atoms with Crippen LogP contribution in [0.15, 0.2) is 36.9 Å². The van der Waals surface area contributed by atoms with Crippen LogP contribution in [0.2, 0.25) is 0 Å². The van der Waals surface area contributed by atoms with Crippen molar-refractivity contribution in [3.05, 3.63) is 53.2 Å². The van der Waals surface area contributed by atoms with Crippen molar-refractivity contribution in [2.24, 2.45) is 0 Å².